The van der Waals surface area contributed by atoms with Gasteiger partial charge in [-0.1, -0.05) is 18.6 Å². The maximum atomic E-state index is 13.5. The van der Waals surface area contributed by atoms with Crippen molar-refractivity contribution in [3.8, 4) is 11.1 Å². The first-order valence-corrected chi connectivity index (χ1v) is 11.9. The molecule has 3 aromatic rings. The normalized spacial score (nSPS) is 20.3. The van der Waals surface area contributed by atoms with Crippen LogP contribution in [0.5, 0.6) is 0 Å². The minimum atomic E-state index is -0.0577. The van der Waals surface area contributed by atoms with Gasteiger partial charge in [0, 0.05) is 73.2 Å². The number of carbonyl (C=O) groups excluding carboxylic acids is 2. The van der Waals surface area contributed by atoms with Crippen molar-refractivity contribution in [2.45, 2.75) is 26.8 Å². The molecule has 0 radical (unpaired) electrons. The van der Waals surface area contributed by atoms with Crippen molar-refractivity contribution in [2.24, 2.45) is 5.92 Å². The summed E-state index contributed by atoms with van der Waals surface area (Å²) in [6, 6.07) is 3.83. The van der Waals surface area contributed by atoms with E-state index in [1.807, 2.05) is 34.0 Å². The summed E-state index contributed by atoms with van der Waals surface area (Å²) in [5.74, 6) is 0.459. The molecule has 8 nitrogen and oxygen atoms in total. The van der Waals surface area contributed by atoms with Crippen LogP contribution in [0.25, 0.3) is 22.2 Å². The number of H-pyrrole nitrogens is 1. The Kier molecular flexibility index (Phi) is 4.83. The first-order chi connectivity index (χ1) is 16.5. The number of hydrogen-bond donors (Lipinski definition) is 2. The molecule has 34 heavy (non-hydrogen) atoms. The monoisotopic (exact) mass is 456 g/mol. The van der Waals surface area contributed by atoms with Gasteiger partial charge in [0.25, 0.3) is 11.8 Å². The predicted molar refractivity (Wildman–Crippen MR) is 130 cm³/mol. The van der Waals surface area contributed by atoms with Gasteiger partial charge in [-0.05, 0) is 31.4 Å². The van der Waals surface area contributed by atoms with E-state index in [0.29, 0.717) is 36.8 Å². The smallest absolute Gasteiger partial charge is 0.267 e. The lowest BCUT2D eigenvalue weighted by Crippen LogP contribution is -2.45. The number of nitrogens with zero attached hydrogens (tertiary/aromatic N) is 4. The van der Waals surface area contributed by atoms with Gasteiger partial charge in [0.1, 0.15) is 11.3 Å². The number of piperazine rings is 1. The molecule has 2 amide bonds. The third kappa shape index (κ3) is 3.41. The van der Waals surface area contributed by atoms with Crippen molar-refractivity contribution < 1.29 is 9.59 Å². The van der Waals surface area contributed by atoms with E-state index < -0.39 is 0 Å². The third-order valence-electron chi connectivity index (χ3n) is 7.32. The molecular formula is C26H28N6O2. The molecular weight excluding hydrogens is 428 g/mol. The van der Waals surface area contributed by atoms with Crippen LogP contribution in [-0.4, -0.2) is 62.3 Å². The van der Waals surface area contributed by atoms with Crippen molar-refractivity contribution in [1.29, 1.82) is 0 Å². The highest BCUT2D eigenvalue weighted by atomic mass is 16.2. The molecule has 2 N–H and O–H groups in total. The maximum absolute atomic E-state index is 13.5. The summed E-state index contributed by atoms with van der Waals surface area (Å²) in [6.45, 7) is 7.89. The fourth-order valence-electron chi connectivity index (χ4n) is 5.07. The van der Waals surface area contributed by atoms with Crippen LogP contribution in [0.2, 0.25) is 0 Å². The SMILES string of the molecule is CC1=CN2CCN(C(=O)c3cnc4[nH]cc(-c5cc6n(c5)CCNC6=O)c4c3)CC2=CCC1C. The van der Waals surface area contributed by atoms with E-state index in [4.69, 9.17) is 0 Å². The zero-order valence-electron chi connectivity index (χ0n) is 19.5. The molecule has 8 heteroatoms. The van der Waals surface area contributed by atoms with Crippen molar-refractivity contribution in [1.82, 2.24) is 29.7 Å². The molecule has 0 aromatic carbocycles. The second-order valence-electron chi connectivity index (χ2n) is 9.51. The van der Waals surface area contributed by atoms with E-state index in [1.165, 1.54) is 11.3 Å². The molecule has 0 bridgehead atoms. The fourth-order valence-corrected chi connectivity index (χ4v) is 5.07. The first kappa shape index (κ1) is 20.8. The lowest BCUT2D eigenvalue weighted by atomic mass is 10.0. The molecule has 0 aliphatic carbocycles. The molecule has 1 unspecified atom stereocenters. The van der Waals surface area contributed by atoms with Crippen LogP contribution in [0.1, 0.15) is 41.1 Å². The second kappa shape index (κ2) is 7.90. The van der Waals surface area contributed by atoms with Crippen LogP contribution < -0.4 is 5.32 Å². The summed E-state index contributed by atoms with van der Waals surface area (Å²) >= 11 is 0. The Morgan fingerprint density at radius 1 is 1.21 bits per heavy atom. The molecule has 3 aliphatic heterocycles. The highest BCUT2D eigenvalue weighted by Crippen LogP contribution is 2.31. The number of fused-ring (bicyclic) bond motifs is 3. The van der Waals surface area contributed by atoms with E-state index in [2.05, 4.69) is 46.3 Å². The third-order valence-corrected chi connectivity index (χ3v) is 7.32. The number of hydrogen-bond acceptors (Lipinski definition) is 4. The summed E-state index contributed by atoms with van der Waals surface area (Å²) in [4.78, 5) is 37.6. The van der Waals surface area contributed by atoms with Gasteiger partial charge in [-0.3, -0.25) is 9.59 Å². The van der Waals surface area contributed by atoms with Crippen molar-refractivity contribution in [3.63, 3.8) is 0 Å². The zero-order valence-corrected chi connectivity index (χ0v) is 19.5. The lowest BCUT2D eigenvalue weighted by Gasteiger charge is -2.36. The molecule has 6 heterocycles. The first-order valence-electron chi connectivity index (χ1n) is 11.9. The highest BCUT2D eigenvalue weighted by Gasteiger charge is 2.27. The van der Waals surface area contributed by atoms with Crippen LogP contribution in [0.4, 0.5) is 0 Å². The minimum absolute atomic E-state index is 0.00403. The van der Waals surface area contributed by atoms with Crippen molar-refractivity contribution in [2.75, 3.05) is 26.2 Å². The van der Waals surface area contributed by atoms with Gasteiger partial charge in [-0.15, -0.1) is 0 Å². The average molecular weight is 457 g/mol. The predicted octanol–water partition coefficient (Wildman–Crippen LogP) is 3.36. The summed E-state index contributed by atoms with van der Waals surface area (Å²) in [6.07, 6.45) is 11.1. The van der Waals surface area contributed by atoms with Crippen LogP contribution in [0, 0.1) is 5.92 Å². The van der Waals surface area contributed by atoms with Crippen LogP contribution >= 0.6 is 0 Å². The van der Waals surface area contributed by atoms with Gasteiger partial charge < -0.3 is 24.7 Å². The molecule has 174 valence electrons. The zero-order chi connectivity index (χ0) is 23.4. The number of allylic oxidation sites excluding steroid dienone is 2. The Bertz CT molecular complexity index is 1380. The van der Waals surface area contributed by atoms with Gasteiger partial charge in [0.15, 0.2) is 0 Å². The molecule has 0 saturated carbocycles. The summed E-state index contributed by atoms with van der Waals surface area (Å²) < 4.78 is 1.98. The summed E-state index contributed by atoms with van der Waals surface area (Å²) in [5, 5.41) is 3.76. The highest BCUT2D eigenvalue weighted by molar-refractivity contribution is 6.02. The Balaban J connectivity index is 1.29. The van der Waals surface area contributed by atoms with Gasteiger partial charge >= 0.3 is 0 Å². The van der Waals surface area contributed by atoms with Crippen LogP contribution in [0.3, 0.4) is 0 Å². The number of aromatic nitrogens is 3. The van der Waals surface area contributed by atoms with Crippen LogP contribution in [0.15, 0.2) is 54.3 Å². The number of aromatic amines is 1. The summed E-state index contributed by atoms with van der Waals surface area (Å²) in [7, 11) is 0. The Morgan fingerprint density at radius 2 is 2.09 bits per heavy atom. The number of amides is 2. The molecule has 6 rings (SSSR count). The van der Waals surface area contributed by atoms with E-state index in [0.717, 1.165) is 41.7 Å². The van der Waals surface area contributed by atoms with Gasteiger partial charge in [-0.2, -0.15) is 0 Å². The van der Waals surface area contributed by atoms with E-state index in [1.54, 1.807) is 6.20 Å². The number of pyridine rings is 1. The molecule has 3 aliphatic rings. The molecule has 0 spiro atoms. The maximum Gasteiger partial charge on any atom is 0.267 e. The van der Waals surface area contributed by atoms with E-state index in [-0.39, 0.29) is 11.8 Å². The number of nitrogens with one attached hydrogen (secondary N) is 2. The van der Waals surface area contributed by atoms with Gasteiger partial charge in [0.05, 0.1) is 12.1 Å². The quantitative estimate of drug-likeness (QED) is 0.619. The topological polar surface area (TPSA) is 86.3 Å². The number of carbonyl (C=O) groups is 2. The molecule has 1 fully saturated rings. The van der Waals surface area contributed by atoms with Crippen LogP contribution in [-0.2, 0) is 6.54 Å². The van der Waals surface area contributed by atoms with E-state index in [9.17, 15) is 9.59 Å². The molecule has 1 atom stereocenters. The lowest BCUT2D eigenvalue weighted by molar-refractivity contribution is 0.0720. The minimum Gasteiger partial charge on any atom is -0.349 e. The Labute approximate surface area is 197 Å². The Hall–Kier alpha value is -3.81. The fraction of sp³-hybridized carbons (Fsp3) is 0.346. The van der Waals surface area contributed by atoms with Gasteiger partial charge in [-0.25, -0.2) is 4.98 Å². The second-order valence-corrected chi connectivity index (χ2v) is 9.51. The van der Waals surface area contributed by atoms with Gasteiger partial charge in [0.2, 0.25) is 0 Å². The van der Waals surface area contributed by atoms with E-state index >= 15 is 0 Å². The summed E-state index contributed by atoms with van der Waals surface area (Å²) in [5.41, 5.74) is 6.42. The standard InChI is InChI=1S/C26H28N6O2/c1-16-3-4-20-15-32(8-7-30(20)13-17(16)2)26(34)18-9-21-22(12-29-24(21)28-11-18)19-10-23-25(33)27-5-6-31(23)14-19/h4,9-14,16H,3,5-8,15H2,1-2H3,(H,27,33)(H,28,29). The average Bonchev–Trinajstić information content (AvgIpc) is 3.43. The number of rotatable bonds is 2. The molecule has 3 aromatic heterocycles. The largest absolute Gasteiger partial charge is 0.349 e. The van der Waals surface area contributed by atoms with Crippen molar-refractivity contribution in [3.05, 3.63) is 65.5 Å². The molecule has 1 saturated heterocycles. The Morgan fingerprint density at radius 3 is 2.94 bits per heavy atom. The van der Waals surface area contributed by atoms with Crippen molar-refractivity contribution >= 4 is 22.8 Å².